The van der Waals surface area contributed by atoms with Gasteiger partial charge >= 0.3 is 6.03 Å². The Morgan fingerprint density at radius 3 is 2.53 bits per heavy atom. The van der Waals surface area contributed by atoms with Gasteiger partial charge in [-0.25, -0.2) is 9.18 Å². The van der Waals surface area contributed by atoms with Gasteiger partial charge < -0.3 is 25.4 Å². The third-order valence-electron chi connectivity index (χ3n) is 6.42. The quantitative estimate of drug-likeness (QED) is 0.470. The highest BCUT2D eigenvalue weighted by atomic mass is 19.1. The Morgan fingerprint density at radius 2 is 1.88 bits per heavy atom. The molecule has 3 N–H and O–H groups in total. The molecule has 0 bridgehead atoms. The number of nitrogens with zero attached hydrogens (tertiary/aromatic N) is 1. The van der Waals surface area contributed by atoms with Gasteiger partial charge in [-0.2, -0.15) is 0 Å². The first-order chi connectivity index (χ1) is 16.3. The van der Waals surface area contributed by atoms with E-state index in [9.17, 15) is 14.3 Å². The molecule has 3 rings (SSSR count). The number of halogens is 1. The van der Waals surface area contributed by atoms with Crippen LogP contribution in [0.4, 0.5) is 14.9 Å². The number of urea groups is 1. The van der Waals surface area contributed by atoms with E-state index in [0.717, 1.165) is 32.4 Å². The molecule has 2 aromatic carbocycles. The summed E-state index contributed by atoms with van der Waals surface area (Å²) in [4.78, 5) is 14.9. The number of rotatable bonds is 10. The molecule has 34 heavy (non-hydrogen) atoms. The minimum absolute atomic E-state index is 0.200. The van der Waals surface area contributed by atoms with Crippen LogP contribution in [0.25, 0.3) is 0 Å². The number of hydrogen-bond acceptors (Lipinski definition) is 4. The van der Waals surface area contributed by atoms with Crippen molar-refractivity contribution in [2.75, 3.05) is 32.1 Å². The van der Waals surface area contributed by atoms with Gasteiger partial charge in [-0.3, -0.25) is 0 Å². The molecule has 1 aliphatic heterocycles. The highest BCUT2D eigenvalue weighted by Crippen LogP contribution is 2.23. The van der Waals surface area contributed by atoms with E-state index < -0.39 is 6.10 Å². The monoisotopic (exact) mass is 471 g/mol. The van der Waals surface area contributed by atoms with Gasteiger partial charge in [-0.05, 0) is 80.4 Å². The van der Waals surface area contributed by atoms with Crippen LogP contribution in [0.1, 0.15) is 38.7 Å². The Labute approximate surface area is 202 Å². The van der Waals surface area contributed by atoms with Gasteiger partial charge in [0.2, 0.25) is 0 Å². The molecule has 2 amide bonds. The van der Waals surface area contributed by atoms with Crippen molar-refractivity contribution < 1.29 is 19.0 Å². The number of carbonyl (C=O) groups excluding carboxylic acids is 1. The lowest BCUT2D eigenvalue weighted by molar-refractivity contribution is 0.0605. The van der Waals surface area contributed by atoms with Crippen LogP contribution in [0, 0.1) is 17.7 Å². The van der Waals surface area contributed by atoms with Crippen LogP contribution in [-0.4, -0.2) is 54.9 Å². The number of aliphatic hydroxyl groups excluding tert-OH is 1. The number of likely N-dealkylation sites (tertiary alicyclic amines) is 1. The molecule has 0 spiro atoms. The number of nitrogens with one attached hydrogen (secondary N) is 2. The Morgan fingerprint density at radius 1 is 1.18 bits per heavy atom. The highest BCUT2D eigenvalue weighted by molar-refractivity contribution is 5.89. The lowest BCUT2D eigenvalue weighted by Crippen LogP contribution is -2.51. The summed E-state index contributed by atoms with van der Waals surface area (Å²) in [6, 6.07) is 13.3. The van der Waals surface area contributed by atoms with Crippen LogP contribution < -0.4 is 15.4 Å². The van der Waals surface area contributed by atoms with Gasteiger partial charge in [0, 0.05) is 18.3 Å². The summed E-state index contributed by atoms with van der Waals surface area (Å²) in [5.41, 5.74) is 1.81. The molecule has 6 nitrogen and oxygen atoms in total. The molecule has 1 heterocycles. The van der Waals surface area contributed by atoms with Crippen molar-refractivity contribution in [2.45, 2.75) is 51.7 Å². The predicted octanol–water partition coefficient (Wildman–Crippen LogP) is 4.69. The van der Waals surface area contributed by atoms with E-state index in [1.54, 1.807) is 19.2 Å². The lowest BCUT2D eigenvalue weighted by Gasteiger charge is -2.35. The summed E-state index contributed by atoms with van der Waals surface area (Å²) in [5, 5.41) is 16.8. The molecule has 1 aliphatic rings. The van der Waals surface area contributed by atoms with E-state index in [4.69, 9.17) is 4.74 Å². The van der Waals surface area contributed by atoms with E-state index in [1.807, 2.05) is 24.3 Å². The largest absolute Gasteiger partial charge is 0.497 e. The molecule has 0 radical (unpaired) electrons. The third kappa shape index (κ3) is 8.29. The number of aliphatic hydroxyl groups is 1. The van der Waals surface area contributed by atoms with Crippen molar-refractivity contribution in [1.29, 1.82) is 0 Å². The smallest absolute Gasteiger partial charge is 0.319 e. The molecule has 1 saturated heterocycles. The number of ether oxygens (including phenoxy) is 1. The van der Waals surface area contributed by atoms with Crippen molar-refractivity contribution in [1.82, 2.24) is 10.2 Å². The number of β-amino-alcohol motifs (C(OH)–C–C–N with tert-alkyl or cyclic N) is 1. The number of carbonyl (C=O) groups is 1. The molecule has 186 valence electrons. The predicted molar refractivity (Wildman–Crippen MR) is 134 cm³/mol. The standard InChI is InChI=1S/C27H38FN3O3/c1-19(2)15-25(30-27(33)29-23-5-4-6-24(17-23)34-3)26(32)18-31-13-11-21(12-14-31)16-20-7-9-22(28)10-8-20/h4-10,17,19,21,25-26,32H,11-16,18H2,1-3H3,(H2,29,30,33)/t25-,26-/m1/s1. The second-order valence-electron chi connectivity index (χ2n) is 9.71. The first-order valence-electron chi connectivity index (χ1n) is 12.2. The summed E-state index contributed by atoms with van der Waals surface area (Å²) in [6.45, 7) is 6.52. The molecule has 0 aliphatic carbocycles. The zero-order valence-corrected chi connectivity index (χ0v) is 20.5. The third-order valence-corrected chi connectivity index (χ3v) is 6.42. The van der Waals surface area contributed by atoms with E-state index in [1.165, 1.54) is 17.7 Å². The van der Waals surface area contributed by atoms with Crippen LogP contribution >= 0.6 is 0 Å². The van der Waals surface area contributed by atoms with Gasteiger partial charge in [0.25, 0.3) is 0 Å². The van der Waals surface area contributed by atoms with Crippen molar-refractivity contribution in [2.24, 2.45) is 11.8 Å². The van der Waals surface area contributed by atoms with Crippen LogP contribution in [0.2, 0.25) is 0 Å². The topological polar surface area (TPSA) is 73.8 Å². The number of hydrogen-bond donors (Lipinski definition) is 3. The Balaban J connectivity index is 1.49. The van der Waals surface area contributed by atoms with Crippen molar-refractivity contribution >= 4 is 11.7 Å². The van der Waals surface area contributed by atoms with E-state index in [2.05, 4.69) is 29.4 Å². The first-order valence-corrected chi connectivity index (χ1v) is 12.2. The number of benzene rings is 2. The maximum absolute atomic E-state index is 13.1. The fourth-order valence-electron chi connectivity index (χ4n) is 4.58. The minimum atomic E-state index is -0.660. The van der Waals surface area contributed by atoms with Gasteiger partial charge in [-0.1, -0.05) is 32.0 Å². The van der Waals surface area contributed by atoms with Crippen LogP contribution in [-0.2, 0) is 6.42 Å². The van der Waals surface area contributed by atoms with Gasteiger partial charge in [0.1, 0.15) is 11.6 Å². The second-order valence-corrected chi connectivity index (χ2v) is 9.71. The fourth-order valence-corrected chi connectivity index (χ4v) is 4.58. The Hall–Kier alpha value is -2.64. The summed E-state index contributed by atoms with van der Waals surface area (Å²) in [6.07, 6.45) is 3.07. The zero-order chi connectivity index (χ0) is 24.5. The summed E-state index contributed by atoms with van der Waals surface area (Å²) in [7, 11) is 1.58. The van der Waals surface area contributed by atoms with E-state index in [-0.39, 0.29) is 17.9 Å². The van der Waals surface area contributed by atoms with Crippen molar-refractivity contribution in [3.63, 3.8) is 0 Å². The van der Waals surface area contributed by atoms with Crippen LogP contribution in [0.15, 0.2) is 48.5 Å². The molecule has 7 heteroatoms. The first kappa shape index (κ1) is 26.0. The molecule has 0 aromatic heterocycles. The van der Waals surface area contributed by atoms with Crippen LogP contribution in [0.3, 0.4) is 0 Å². The number of anilines is 1. The lowest BCUT2D eigenvalue weighted by atomic mass is 9.89. The maximum Gasteiger partial charge on any atom is 0.319 e. The van der Waals surface area contributed by atoms with E-state index in [0.29, 0.717) is 36.2 Å². The van der Waals surface area contributed by atoms with Gasteiger partial charge in [0.15, 0.2) is 0 Å². The summed E-state index contributed by atoms with van der Waals surface area (Å²) >= 11 is 0. The molecular formula is C27H38FN3O3. The van der Waals surface area contributed by atoms with Gasteiger partial charge in [-0.15, -0.1) is 0 Å². The summed E-state index contributed by atoms with van der Waals surface area (Å²) in [5.74, 6) is 1.36. The molecule has 0 unspecified atom stereocenters. The number of amides is 2. The second kappa shape index (κ2) is 12.7. The Bertz CT molecular complexity index is 898. The Kier molecular flexibility index (Phi) is 9.72. The normalized spacial score (nSPS) is 16.8. The molecule has 1 fully saturated rings. The average Bonchev–Trinajstić information content (AvgIpc) is 2.81. The minimum Gasteiger partial charge on any atom is -0.497 e. The fraction of sp³-hybridized carbons (Fsp3) is 0.519. The highest BCUT2D eigenvalue weighted by Gasteiger charge is 2.27. The maximum atomic E-state index is 13.1. The number of methoxy groups -OCH3 is 1. The summed E-state index contributed by atoms with van der Waals surface area (Å²) < 4.78 is 18.3. The average molecular weight is 472 g/mol. The SMILES string of the molecule is COc1cccc(NC(=O)N[C@H](CC(C)C)[C@H](O)CN2CCC(Cc3ccc(F)cc3)CC2)c1. The van der Waals surface area contributed by atoms with Crippen molar-refractivity contribution in [3.8, 4) is 5.75 Å². The van der Waals surface area contributed by atoms with Crippen molar-refractivity contribution in [3.05, 3.63) is 59.9 Å². The molecule has 0 saturated carbocycles. The molecular weight excluding hydrogens is 433 g/mol. The number of piperidine rings is 1. The zero-order valence-electron chi connectivity index (χ0n) is 20.5. The molecule has 2 atom stereocenters. The van der Waals surface area contributed by atoms with Gasteiger partial charge in [0.05, 0.1) is 19.3 Å². The van der Waals surface area contributed by atoms with Crippen LogP contribution in [0.5, 0.6) is 5.75 Å². The molecule has 2 aromatic rings. The van der Waals surface area contributed by atoms with E-state index >= 15 is 0 Å².